The van der Waals surface area contributed by atoms with Gasteiger partial charge in [-0.25, -0.2) is 4.39 Å². The molecule has 5 heteroatoms. The van der Waals surface area contributed by atoms with Crippen LogP contribution in [-0.4, -0.2) is 9.78 Å². The summed E-state index contributed by atoms with van der Waals surface area (Å²) in [7, 11) is 0. The lowest BCUT2D eigenvalue weighted by molar-refractivity contribution is 0.634. The van der Waals surface area contributed by atoms with Crippen LogP contribution in [0.2, 0.25) is 0 Å². The second-order valence-electron chi connectivity index (χ2n) is 4.48. The van der Waals surface area contributed by atoms with E-state index in [9.17, 15) is 4.39 Å². The third-order valence-electron chi connectivity index (χ3n) is 3.13. The molecule has 2 N–H and O–H groups in total. The largest absolute Gasteiger partial charge is 0.326 e. The maximum atomic E-state index is 14.0. The standard InChI is InChI=1S/C14H14FN3S/c1-9-5-6-18(17-9)8-10-13(7-16)19-12-4-2-3-11(15)14(10)12/h2-6H,7-8,16H2,1H3. The Morgan fingerprint density at radius 1 is 1.37 bits per heavy atom. The van der Waals surface area contributed by atoms with Gasteiger partial charge in [-0.05, 0) is 30.7 Å². The van der Waals surface area contributed by atoms with Gasteiger partial charge in [0, 0.05) is 27.7 Å². The number of thiophene rings is 1. The van der Waals surface area contributed by atoms with Crippen molar-refractivity contribution in [3.63, 3.8) is 0 Å². The topological polar surface area (TPSA) is 43.8 Å². The van der Waals surface area contributed by atoms with E-state index in [1.165, 1.54) is 6.07 Å². The predicted octanol–water partition coefficient (Wildman–Crippen LogP) is 3.05. The number of hydrogen-bond acceptors (Lipinski definition) is 3. The first-order valence-corrected chi connectivity index (χ1v) is 6.89. The van der Waals surface area contributed by atoms with E-state index in [0.717, 1.165) is 20.8 Å². The van der Waals surface area contributed by atoms with Gasteiger partial charge in [0.15, 0.2) is 0 Å². The zero-order valence-corrected chi connectivity index (χ0v) is 11.4. The van der Waals surface area contributed by atoms with Crippen LogP contribution in [0, 0.1) is 12.7 Å². The van der Waals surface area contributed by atoms with Gasteiger partial charge in [0.25, 0.3) is 0 Å². The number of aryl methyl sites for hydroxylation is 1. The molecule has 0 bridgehead atoms. The van der Waals surface area contributed by atoms with Crippen LogP contribution in [0.25, 0.3) is 10.1 Å². The molecule has 0 amide bonds. The van der Waals surface area contributed by atoms with E-state index < -0.39 is 0 Å². The van der Waals surface area contributed by atoms with Crippen LogP contribution in [0.15, 0.2) is 30.5 Å². The molecule has 0 saturated heterocycles. The summed E-state index contributed by atoms with van der Waals surface area (Å²) in [5.74, 6) is -0.188. The van der Waals surface area contributed by atoms with Gasteiger partial charge < -0.3 is 5.73 Å². The van der Waals surface area contributed by atoms with E-state index in [1.807, 2.05) is 29.9 Å². The number of halogens is 1. The number of fused-ring (bicyclic) bond motifs is 1. The number of rotatable bonds is 3. The van der Waals surface area contributed by atoms with Crippen LogP contribution < -0.4 is 5.73 Å². The molecular formula is C14H14FN3S. The van der Waals surface area contributed by atoms with E-state index in [2.05, 4.69) is 5.10 Å². The minimum atomic E-state index is -0.188. The van der Waals surface area contributed by atoms with Gasteiger partial charge in [0.1, 0.15) is 5.82 Å². The highest BCUT2D eigenvalue weighted by molar-refractivity contribution is 7.19. The van der Waals surface area contributed by atoms with Crippen LogP contribution in [0.5, 0.6) is 0 Å². The first-order chi connectivity index (χ1) is 9.19. The Morgan fingerprint density at radius 3 is 2.89 bits per heavy atom. The molecule has 0 radical (unpaired) electrons. The van der Waals surface area contributed by atoms with E-state index in [4.69, 9.17) is 5.73 Å². The molecule has 1 aromatic carbocycles. The highest BCUT2D eigenvalue weighted by Crippen LogP contribution is 2.33. The molecule has 3 rings (SSSR count). The predicted molar refractivity (Wildman–Crippen MR) is 75.7 cm³/mol. The monoisotopic (exact) mass is 275 g/mol. The average molecular weight is 275 g/mol. The summed E-state index contributed by atoms with van der Waals surface area (Å²) in [6.45, 7) is 2.92. The van der Waals surface area contributed by atoms with Crippen LogP contribution in [-0.2, 0) is 13.1 Å². The van der Waals surface area contributed by atoms with Crippen molar-refractivity contribution in [1.29, 1.82) is 0 Å². The van der Waals surface area contributed by atoms with Crippen molar-refractivity contribution in [3.05, 3.63) is 52.4 Å². The summed E-state index contributed by atoms with van der Waals surface area (Å²) >= 11 is 1.56. The molecule has 0 saturated carbocycles. The molecule has 3 nitrogen and oxygen atoms in total. The first-order valence-electron chi connectivity index (χ1n) is 6.08. The van der Waals surface area contributed by atoms with Gasteiger partial charge in [-0.2, -0.15) is 5.10 Å². The van der Waals surface area contributed by atoms with Gasteiger partial charge in [-0.15, -0.1) is 11.3 Å². The SMILES string of the molecule is Cc1ccn(Cc2c(CN)sc3cccc(F)c23)n1. The van der Waals surface area contributed by atoms with Gasteiger partial charge in [-0.3, -0.25) is 4.68 Å². The Kier molecular flexibility index (Phi) is 3.08. The van der Waals surface area contributed by atoms with Crippen molar-refractivity contribution < 1.29 is 4.39 Å². The summed E-state index contributed by atoms with van der Waals surface area (Å²) in [6.07, 6.45) is 1.90. The summed E-state index contributed by atoms with van der Waals surface area (Å²) in [5, 5.41) is 5.04. The highest BCUT2D eigenvalue weighted by atomic mass is 32.1. The van der Waals surface area contributed by atoms with E-state index >= 15 is 0 Å². The second-order valence-corrected chi connectivity index (χ2v) is 5.61. The lowest BCUT2D eigenvalue weighted by atomic mass is 10.1. The number of nitrogens with zero attached hydrogens (tertiary/aromatic N) is 2. The van der Waals surface area contributed by atoms with Crippen molar-refractivity contribution in [2.24, 2.45) is 5.73 Å². The van der Waals surface area contributed by atoms with Crippen molar-refractivity contribution >= 4 is 21.4 Å². The Morgan fingerprint density at radius 2 is 2.21 bits per heavy atom. The molecule has 2 aromatic heterocycles. The summed E-state index contributed by atoms with van der Waals surface area (Å²) < 4.78 is 16.8. The van der Waals surface area contributed by atoms with Crippen molar-refractivity contribution in [1.82, 2.24) is 9.78 Å². The Labute approximate surface area is 114 Å². The molecule has 19 heavy (non-hydrogen) atoms. The van der Waals surface area contributed by atoms with Crippen molar-refractivity contribution in [2.75, 3.05) is 0 Å². The third-order valence-corrected chi connectivity index (χ3v) is 4.35. The highest BCUT2D eigenvalue weighted by Gasteiger charge is 2.15. The number of nitrogens with two attached hydrogens (primary N) is 1. The van der Waals surface area contributed by atoms with Crippen LogP contribution >= 0.6 is 11.3 Å². The minimum Gasteiger partial charge on any atom is -0.326 e. The molecule has 2 heterocycles. The molecule has 0 aliphatic carbocycles. The molecule has 3 aromatic rings. The molecule has 0 unspecified atom stereocenters. The number of hydrogen-bond donors (Lipinski definition) is 1. The molecule has 0 atom stereocenters. The summed E-state index contributed by atoms with van der Waals surface area (Å²) in [6, 6.07) is 7.09. The zero-order valence-electron chi connectivity index (χ0n) is 10.6. The maximum absolute atomic E-state index is 14.0. The van der Waals surface area contributed by atoms with Crippen LogP contribution in [0.3, 0.4) is 0 Å². The van der Waals surface area contributed by atoms with Gasteiger partial charge >= 0.3 is 0 Å². The van der Waals surface area contributed by atoms with Gasteiger partial charge in [0.05, 0.1) is 12.2 Å². The Balaban J connectivity index is 2.15. The Bertz CT molecular complexity index is 729. The van der Waals surface area contributed by atoms with Gasteiger partial charge in [-0.1, -0.05) is 6.07 Å². The molecule has 98 valence electrons. The maximum Gasteiger partial charge on any atom is 0.132 e. The summed E-state index contributed by atoms with van der Waals surface area (Å²) in [4.78, 5) is 1.02. The second kappa shape index (κ2) is 4.75. The lowest BCUT2D eigenvalue weighted by Crippen LogP contribution is -2.05. The lowest BCUT2D eigenvalue weighted by Gasteiger charge is -2.04. The minimum absolute atomic E-state index is 0.188. The van der Waals surface area contributed by atoms with Gasteiger partial charge in [0.2, 0.25) is 0 Å². The number of benzene rings is 1. The van der Waals surface area contributed by atoms with E-state index in [0.29, 0.717) is 18.5 Å². The normalized spacial score (nSPS) is 11.3. The smallest absolute Gasteiger partial charge is 0.132 e. The molecule has 0 fully saturated rings. The fraction of sp³-hybridized carbons (Fsp3) is 0.214. The number of aromatic nitrogens is 2. The van der Waals surface area contributed by atoms with Crippen LogP contribution in [0.1, 0.15) is 16.1 Å². The molecule has 0 aliphatic heterocycles. The third kappa shape index (κ3) is 2.15. The van der Waals surface area contributed by atoms with Crippen molar-refractivity contribution in [2.45, 2.75) is 20.0 Å². The first kappa shape index (κ1) is 12.3. The fourth-order valence-corrected chi connectivity index (χ4v) is 3.37. The molecule has 0 aliphatic rings. The van der Waals surface area contributed by atoms with Crippen LogP contribution in [0.4, 0.5) is 4.39 Å². The average Bonchev–Trinajstić information content (AvgIpc) is 2.95. The van der Waals surface area contributed by atoms with E-state index in [1.54, 1.807) is 17.4 Å². The molecular weight excluding hydrogens is 261 g/mol. The Hall–Kier alpha value is -1.72. The van der Waals surface area contributed by atoms with Crippen molar-refractivity contribution in [3.8, 4) is 0 Å². The fourth-order valence-electron chi connectivity index (χ4n) is 2.26. The summed E-state index contributed by atoms with van der Waals surface area (Å²) in [5.41, 5.74) is 7.68. The quantitative estimate of drug-likeness (QED) is 0.798. The molecule has 0 spiro atoms. The zero-order chi connectivity index (χ0) is 13.4. The van der Waals surface area contributed by atoms with E-state index in [-0.39, 0.29) is 5.82 Å².